The highest BCUT2D eigenvalue weighted by atomic mass is 79.9. The van der Waals surface area contributed by atoms with Crippen molar-refractivity contribution < 1.29 is 14.4 Å². The number of hydrogen-bond acceptors (Lipinski definition) is 7. The molecule has 0 unspecified atom stereocenters. The Bertz CT molecular complexity index is 1730. The average molecular weight is 634 g/mol. The lowest BCUT2D eigenvalue weighted by Crippen LogP contribution is -2.12. The molecule has 210 valence electrons. The maximum absolute atomic E-state index is 11.8. The van der Waals surface area contributed by atoms with Gasteiger partial charge in [-0.05, 0) is 94.0 Å². The van der Waals surface area contributed by atoms with Crippen molar-refractivity contribution in [3.05, 3.63) is 115 Å². The quantitative estimate of drug-likeness (QED) is 0.0880. The van der Waals surface area contributed by atoms with Gasteiger partial charge < -0.3 is 9.47 Å². The van der Waals surface area contributed by atoms with Crippen LogP contribution in [0.2, 0.25) is 0 Å². The van der Waals surface area contributed by atoms with Crippen LogP contribution in [-0.4, -0.2) is 33.3 Å². The molecule has 1 heterocycles. The zero-order valence-electron chi connectivity index (χ0n) is 23.1. The first-order valence-corrected chi connectivity index (χ1v) is 14.7. The molecule has 0 aliphatic heterocycles. The van der Waals surface area contributed by atoms with Gasteiger partial charge in [0, 0.05) is 10.6 Å². The molecule has 5 rings (SSSR count). The smallest absolute Gasteiger partial charge is 0.220 e. The monoisotopic (exact) mass is 632 g/mol. The number of benzene rings is 4. The number of nitrogens with zero attached hydrogens (tertiary/aromatic N) is 4. The number of halogens is 1. The van der Waals surface area contributed by atoms with Gasteiger partial charge in [0.05, 0.1) is 11.6 Å². The van der Waals surface area contributed by atoms with E-state index in [2.05, 4.69) is 64.2 Å². The van der Waals surface area contributed by atoms with E-state index in [-0.39, 0.29) is 11.5 Å². The van der Waals surface area contributed by atoms with E-state index in [9.17, 15) is 10.1 Å². The van der Waals surface area contributed by atoms with Crippen molar-refractivity contribution in [2.75, 3.05) is 13.7 Å². The molecule has 0 spiro atoms. The third kappa shape index (κ3) is 6.23. The number of methoxy groups -OCH3 is 1. The van der Waals surface area contributed by atoms with Crippen LogP contribution in [0.5, 0.6) is 11.5 Å². The third-order valence-electron chi connectivity index (χ3n) is 6.98. The molecule has 10 heteroatoms. The highest BCUT2D eigenvalue weighted by Crippen LogP contribution is 2.43. The highest BCUT2D eigenvalue weighted by Gasteiger charge is 2.26. The van der Waals surface area contributed by atoms with Crippen LogP contribution in [-0.2, 0) is 6.61 Å². The van der Waals surface area contributed by atoms with Gasteiger partial charge in [-0.25, -0.2) is 0 Å². The van der Waals surface area contributed by atoms with Crippen molar-refractivity contribution in [2.45, 2.75) is 37.8 Å². The van der Waals surface area contributed by atoms with E-state index in [0.717, 1.165) is 27.6 Å². The normalized spacial score (nSPS) is 11.9. The van der Waals surface area contributed by atoms with Crippen molar-refractivity contribution in [3.8, 4) is 17.2 Å². The summed E-state index contributed by atoms with van der Waals surface area (Å²) in [5.41, 5.74) is 4.99. The second kappa shape index (κ2) is 12.3. The molecule has 0 amide bonds. The van der Waals surface area contributed by atoms with Crippen molar-refractivity contribution in [1.29, 1.82) is 0 Å². The lowest BCUT2D eigenvalue weighted by Gasteiger charge is -2.19. The molecular formula is C31H29BrN4O4S. The number of hydrogen-bond donors (Lipinski definition) is 0. The molecule has 0 aliphatic rings. The third-order valence-corrected chi connectivity index (χ3v) is 8.75. The summed E-state index contributed by atoms with van der Waals surface area (Å²) < 4.78 is 14.5. The van der Waals surface area contributed by atoms with Gasteiger partial charge in [-0.15, -0.1) is 10.2 Å². The maximum Gasteiger partial charge on any atom is 0.220 e. The van der Waals surface area contributed by atoms with E-state index in [1.807, 2.05) is 54.0 Å². The summed E-state index contributed by atoms with van der Waals surface area (Å²) in [5.74, 6) is 1.71. The van der Waals surface area contributed by atoms with Crippen LogP contribution in [0.1, 0.15) is 33.3 Å². The first-order valence-electron chi connectivity index (χ1n) is 13.0. The van der Waals surface area contributed by atoms with Crippen molar-refractivity contribution in [3.63, 3.8) is 0 Å². The van der Waals surface area contributed by atoms with Crippen molar-refractivity contribution in [1.82, 2.24) is 14.8 Å². The second-order valence-corrected chi connectivity index (χ2v) is 11.7. The van der Waals surface area contributed by atoms with Crippen LogP contribution < -0.4 is 9.47 Å². The van der Waals surface area contributed by atoms with E-state index in [4.69, 9.17) is 9.47 Å². The number of nitro groups is 1. The van der Waals surface area contributed by atoms with Crippen LogP contribution >= 0.6 is 27.7 Å². The zero-order valence-corrected chi connectivity index (χ0v) is 25.5. The predicted octanol–water partition coefficient (Wildman–Crippen LogP) is 7.81. The average Bonchev–Trinajstić information content (AvgIpc) is 3.32. The van der Waals surface area contributed by atoms with Gasteiger partial charge in [0.1, 0.15) is 17.7 Å². The Morgan fingerprint density at radius 1 is 1.00 bits per heavy atom. The summed E-state index contributed by atoms with van der Waals surface area (Å²) in [7, 11) is 1.56. The van der Waals surface area contributed by atoms with Crippen LogP contribution in [0.25, 0.3) is 16.5 Å². The largest absolute Gasteiger partial charge is 0.493 e. The summed E-state index contributed by atoms with van der Waals surface area (Å²) in [6.45, 7) is 6.00. The van der Waals surface area contributed by atoms with Crippen LogP contribution in [0.4, 0.5) is 0 Å². The Hall–Kier alpha value is -3.89. The summed E-state index contributed by atoms with van der Waals surface area (Å²) in [5, 5.41) is 22.7. The number of aromatic nitrogens is 3. The van der Waals surface area contributed by atoms with Gasteiger partial charge in [-0.3, -0.25) is 14.7 Å². The van der Waals surface area contributed by atoms with Gasteiger partial charge in [-0.1, -0.05) is 60.3 Å². The minimum atomic E-state index is -0.559. The molecule has 0 aliphatic carbocycles. The molecule has 0 saturated carbocycles. The minimum absolute atomic E-state index is 0.310. The van der Waals surface area contributed by atoms with Gasteiger partial charge in [-0.2, -0.15) is 0 Å². The SMILES string of the molecule is COc1cc([C@@H](C[N+](=O)[O-])Sc2nnc(C)n2-c2ccc(C)c(C)c2)cc(Br)c1OCc1cccc2ccccc12. The van der Waals surface area contributed by atoms with Crippen LogP contribution in [0, 0.1) is 30.9 Å². The number of thioether (sulfide) groups is 1. The molecule has 0 bridgehead atoms. The number of rotatable bonds is 10. The first-order chi connectivity index (χ1) is 19.7. The van der Waals surface area contributed by atoms with Gasteiger partial charge >= 0.3 is 0 Å². The molecule has 1 aromatic heterocycles. The van der Waals surface area contributed by atoms with Gasteiger partial charge in [0.25, 0.3) is 0 Å². The summed E-state index contributed by atoms with van der Waals surface area (Å²) in [4.78, 5) is 11.5. The topological polar surface area (TPSA) is 92.3 Å². The fourth-order valence-corrected chi connectivity index (χ4v) is 6.42. The molecule has 1 atom stereocenters. The molecular weight excluding hydrogens is 604 g/mol. The Kier molecular flexibility index (Phi) is 8.60. The first kappa shape index (κ1) is 28.6. The number of ether oxygens (including phenoxy) is 2. The fourth-order valence-electron chi connectivity index (χ4n) is 4.69. The van der Waals surface area contributed by atoms with Crippen molar-refractivity contribution in [2.24, 2.45) is 0 Å². The maximum atomic E-state index is 11.8. The predicted molar refractivity (Wildman–Crippen MR) is 165 cm³/mol. The summed E-state index contributed by atoms with van der Waals surface area (Å²) in [6.07, 6.45) is 0. The van der Waals surface area contributed by atoms with Gasteiger partial charge in [0.2, 0.25) is 6.54 Å². The van der Waals surface area contributed by atoms with Gasteiger partial charge in [0.15, 0.2) is 16.7 Å². The van der Waals surface area contributed by atoms with Crippen LogP contribution in [0.15, 0.2) is 82.4 Å². The van der Waals surface area contributed by atoms with E-state index >= 15 is 0 Å². The summed E-state index contributed by atoms with van der Waals surface area (Å²) >= 11 is 4.93. The van der Waals surface area contributed by atoms with E-state index < -0.39 is 5.25 Å². The molecule has 4 aromatic carbocycles. The Morgan fingerprint density at radius 2 is 1.78 bits per heavy atom. The molecule has 0 fully saturated rings. The number of aryl methyl sites for hydroxylation is 3. The molecule has 5 aromatic rings. The Morgan fingerprint density at radius 3 is 2.54 bits per heavy atom. The van der Waals surface area contributed by atoms with E-state index in [1.165, 1.54) is 17.3 Å². The highest BCUT2D eigenvalue weighted by molar-refractivity contribution is 9.10. The van der Waals surface area contributed by atoms with E-state index in [1.54, 1.807) is 13.2 Å². The van der Waals surface area contributed by atoms with E-state index in [0.29, 0.717) is 39.1 Å². The Balaban J connectivity index is 1.46. The van der Waals surface area contributed by atoms with Crippen molar-refractivity contribution >= 4 is 38.5 Å². The molecule has 0 radical (unpaired) electrons. The van der Waals surface area contributed by atoms with Crippen LogP contribution in [0.3, 0.4) is 0 Å². The molecule has 8 nitrogen and oxygen atoms in total. The summed E-state index contributed by atoms with van der Waals surface area (Å²) in [6, 6.07) is 24.0. The standard InChI is InChI=1S/C31H29BrN4O4S/c1-19-12-13-25(14-20(19)2)36-21(3)33-34-31(36)41-29(17-35(37)38)24-15-27(32)30(28(16-24)39-4)40-18-23-10-7-9-22-8-5-6-11-26(22)23/h5-16,29H,17-18H2,1-4H3/t29-/m1/s1. The second-order valence-electron chi connectivity index (χ2n) is 9.72. The fraction of sp³-hybridized carbons (Fsp3) is 0.226. The molecule has 41 heavy (non-hydrogen) atoms. The number of fused-ring (bicyclic) bond motifs is 1. The molecule has 0 saturated heterocycles. The minimum Gasteiger partial charge on any atom is -0.493 e. The lowest BCUT2D eigenvalue weighted by molar-refractivity contribution is -0.479. The molecule has 0 N–H and O–H groups in total. The zero-order chi connectivity index (χ0) is 29.1. The lowest BCUT2D eigenvalue weighted by atomic mass is 10.1. The Labute approximate surface area is 251 Å².